The number of hydrogen-bond acceptors (Lipinski definition) is 4. The van der Waals surface area contributed by atoms with Gasteiger partial charge in [0.05, 0.1) is 39.1 Å². The lowest BCUT2D eigenvalue weighted by Gasteiger charge is -2.51. The molecule has 6 bridgehead atoms. The summed E-state index contributed by atoms with van der Waals surface area (Å²) in [5, 5.41) is 11.6. The molecule has 0 saturated carbocycles. The van der Waals surface area contributed by atoms with Gasteiger partial charge in [-0.25, -0.2) is 0 Å². The molecule has 22 rings (SSSR count). The predicted octanol–water partition coefficient (Wildman–Crippen LogP) is 26.3. The van der Waals surface area contributed by atoms with Gasteiger partial charge in [-0.1, -0.05) is 422 Å². The maximum Gasteiger partial charge on any atom is 0.251 e. The average molecular weight is 1760 g/mol. The third-order valence-electron chi connectivity index (χ3n) is 28.0. The van der Waals surface area contributed by atoms with E-state index in [4.69, 9.17) is 11.6 Å². The van der Waals surface area contributed by atoms with Crippen LogP contribution in [0.15, 0.2) is 437 Å². The van der Waals surface area contributed by atoms with Gasteiger partial charge >= 0.3 is 0 Å². The molecule has 18 aromatic rings. The van der Waals surface area contributed by atoms with Crippen LogP contribution in [-0.2, 0) is 21.7 Å². The van der Waals surface area contributed by atoms with Crippen molar-refractivity contribution in [3.05, 3.63) is 464 Å². The molecule has 0 saturated heterocycles. The Bertz CT molecular complexity index is 6960. The van der Waals surface area contributed by atoms with Gasteiger partial charge in [0.25, 0.3) is 6.71 Å². The minimum Gasteiger partial charge on any atom is -0.311 e. The summed E-state index contributed by atoms with van der Waals surface area (Å²) < 4.78 is 0. The van der Waals surface area contributed by atoms with Crippen molar-refractivity contribution in [3.8, 4) is 44.5 Å². The fraction of sp³-hybridized carbons (Fsp3) is 0.129. The molecule has 642 valence electrons. The smallest absolute Gasteiger partial charge is 0.251 e. The van der Waals surface area contributed by atoms with Crippen LogP contribution in [0.4, 0.5) is 68.2 Å². The van der Waals surface area contributed by atoms with Crippen LogP contribution >= 0.6 is 11.6 Å². The van der Waals surface area contributed by atoms with Gasteiger partial charge in [0.1, 0.15) is 0 Å². The minimum absolute atomic E-state index is 0.0247. The molecule has 0 radical (unpaired) electrons. The second kappa shape index (κ2) is 33.4. The Labute approximate surface area is 787 Å². The maximum atomic E-state index is 8.13. The normalized spacial score (nSPS) is 13.8. The number of halogens is 1. The Kier molecular flexibility index (Phi) is 21.5. The van der Waals surface area contributed by atoms with Gasteiger partial charge in [0.15, 0.2) is 16.1 Å². The van der Waals surface area contributed by atoms with E-state index in [1.165, 1.54) is 137 Å². The zero-order valence-electron chi connectivity index (χ0n) is 77.3. The fourth-order valence-electron chi connectivity index (χ4n) is 21.5. The summed E-state index contributed by atoms with van der Waals surface area (Å²) in [5.74, 6) is 0. The Morgan fingerprint density at radius 3 is 0.720 bits per heavy atom. The molecule has 4 aliphatic rings. The quantitative estimate of drug-likeness (QED) is 0.113. The Balaban J connectivity index is 0.000000159. The lowest BCUT2D eigenvalue weighted by molar-refractivity contribution is 0.590. The first kappa shape index (κ1) is 84.8. The van der Waals surface area contributed by atoms with Crippen LogP contribution in [0.25, 0.3) is 44.5 Å². The lowest BCUT2D eigenvalue weighted by Crippen LogP contribution is -2.88. The fourth-order valence-corrected chi connectivity index (χ4v) is 31.9. The summed E-state index contributed by atoms with van der Waals surface area (Å²) in [6.07, 6.45) is 0. The molecular formula is C124H108BClN4Si2. The molecule has 0 unspecified atom stereocenters. The zero-order chi connectivity index (χ0) is 90.6. The number of rotatable bonds is 12. The number of benzene rings is 18. The van der Waals surface area contributed by atoms with E-state index < -0.39 is 16.1 Å². The third kappa shape index (κ3) is 14.4. The van der Waals surface area contributed by atoms with E-state index in [0.29, 0.717) is 5.02 Å². The van der Waals surface area contributed by atoms with Gasteiger partial charge < -0.3 is 19.6 Å². The van der Waals surface area contributed by atoms with Crippen LogP contribution < -0.4 is 77.5 Å². The summed E-state index contributed by atoms with van der Waals surface area (Å²) in [4.78, 5) is 10.1. The molecule has 18 aromatic carbocycles. The first-order chi connectivity index (χ1) is 64.0. The maximum absolute atomic E-state index is 8.13. The monoisotopic (exact) mass is 1750 g/mol. The van der Waals surface area contributed by atoms with E-state index in [0.717, 1.165) is 56.4 Å². The highest BCUT2D eigenvalue weighted by Gasteiger charge is 2.57. The molecule has 0 aliphatic carbocycles. The SMILES string of the molecule is CC(C)(C)c1ccc(N2c3cccc(c3)[Si](c3ccccc3)(c3ccccc3)c3cccc(c3)N(c3ccc(C(C)(C)C)cc3-c3ccccc3)c3cccc2c3Cl)c(-c2ccccc2)c1.CC(C)(C)c1ccc(N2c3cccc4c3B3c5c2cccc5[Si](c2ccccc2)(c2ccccc2)c2cccc(c23)N4c2ccc(C(C)(C)C)cc2-c2ccccc2)c(-c2ccccc2)c1. The van der Waals surface area contributed by atoms with Crippen molar-refractivity contribution in [2.75, 3.05) is 19.6 Å². The molecule has 4 nitrogen and oxygen atoms in total. The van der Waals surface area contributed by atoms with Gasteiger partial charge in [-0.3, -0.25) is 0 Å². The second-order valence-corrected chi connectivity index (χ2v) is 47.9. The number of nitrogens with zero attached hydrogens (tertiary/aromatic N) is 4. The highest BCUT2D eigenvalue weighted by molar-refractivity contribution is 7.27. The average Bonchev–Trinajstić information content (AvgIpc) is 0.660. The van der Waals surface area contributed by atoms with Crippen molar-refractivity contribution in [1.29, 1.82) is 0 Å². The standard InChI is InChI=1S/C62H53BN2Si.C62H55ClN2Si/c1-61(2,3)44-36-38-50(48(40-44)42-22-11-7-12-23-42)64-52-30-19-31-53-58(52)63-59-54(64)32-20-34-56(59)66(46-26-15-9-16-27-46,47-28-17-10-18-29-47)57-35-21-33-55(60(57)63)65(53)51-39-37-45(62(4,5)6)41-49(51)43-24-13-8-14-25-43;1-61(2,3)46-36-38-56(54(40-46)44-22-11-7-12-23-44)64-48-26-19-32-52(42-48)66(50-28-15-9-16-29-50,51-30-17-10-18-31-51)53-33-20-27-49(43-53)65(59-35-21-34-58(64)60(59)63)57-39-37-47(62(4,5)6)41-55(57)45-24-13-8-14-25-45/h7-41H,1-6H3;7-43H,1-6H3. The Morgan fingerprint density at radius 1 is 0.197 bits per heavy atom. The molecule has 4 heterocycles. The van der Waals surface area contributed by atoms with Crippen LogP contribution in [0.1, 0.15) is 105 Å². The highest BCUT2D eigenvalue weighted by atomic mass is 35.5. The van der Waals surface area contributed by atoms with Gasteiger partial charge in [-0.05, 0) is 233 Å². The summed E-state index contributed by atoms with van der Waals surface area (Å²) in [5.41, 5.74) is 32.1. The van der Waals surface area contributed by atoms with Crippen molar-refractivity contribution in [3.63, 3.8) is 0 Å². The Hall–Kier alpha value is -14.1. The molecule has 132 heavy (non-hydrogen) atoms. The van der Waals surface area contributed by atoms with Crippen LogP contribution in [-0.4, -0.2) is 22.9 Å². The van der Waals surface area contributed by atoms with Crippen molar-refractivity contribution >= 4 is 161 Å². The summed E-state index contributed by atoms with van der Waals surface area (Å²) >= 11 is 8.13. The van der Waals surface area contributed by atoms with Gasteiger partial charge in [-0.2, -0.15) is 0 Å². The molecule has 0 spiro atoms. The third-order valence-corrected chi connectivity index (χ3v) is 38.0. The van der Waals surface area contributed by atoms with Crippen LogP contribution in [0.2, 0.25) is 5.02 Å². The van der Waals surface area contributed by atoms with Crippen LogP contribution in [0.5, 0.6) is 0 Å². The van der Waals surface area contributed by atoms with Crippen molar-refractivity contribution in [2.45, 2.75) is 105 Å². The van der Waals surface area contributed by atoms with Gasteiger partial charge in [0.2, 0.25) is 0 Å². The van der Waals surface area contributed by atoms with Crippen molar-refractivity contribution < 1.29 is 0 Å². The summed E-state index contributed by atoms with van der Waals surface area (Å²) in [7, 11) is -6.05. The van der Waals surface area contributed by atoms with E-state index >= 15 is 0 Å². The van der Waals surface area contributed by atoms with Crippen molar-refractivity contribution in [2.24, 2.45) is 0 Å². The van der Waals surface area contributed by atoms with E-state index in [1.54, 1.807) is 0 Å². The first-order valence-corrected chi connectivity index (χ1v) is 51.0. The van der Waals surface area contributed by atoms with Gasteiger partial charge in [0, 0.05) is 56.4 Å². The van der Waals surface area contributed by atoms with E-state index in [9.17, 15) is 0 Å². The van der Waals surface area contributed by atoms with Crippen LogP contribution in [0.3, 0.4) is 0 Å². The molecule has 0 fully saturated rings. The van der Waals surface area contributed by atoms with E-state index in [1.807, 2.05) is 0 Å². The van der Waals surface area contributed by atoms with Crippen LogP contribution in [0, 0.1) is 0 Å². The van der Waals surface area contributed by atoms with E-state index in [2.05, 4.69) is 539 Å². The molecule has 8 heteroatoms. The molecule has 0 aromatic heterocycles. The predicted molar refractivity (Wildman–Crippen MR) is 572 cm³/mol. The van der Waals surface area contributed by atoms with E-state index in [-0.39, 0.29) is 28.4 Å². The second-order valence-electron chi connectivity index (χ2n) is 40.0. The molecule has 0 atom stereocenters. The minimum atomic E-state index is -3.06. The molecule has 0 amide bonds. The molecule has 0 N–H and O–H groups in total. The topological polar surface area (TPSA) is 13.0 Å². The number of fused-ring (bicyclic) bond motifs is 6. The Morgan fingerprint density at radius 2 is 0.432 bits per heavy atom. The summed E-state index contributed by atoms with van der Waals surface area (Å²) in [6.45, 7) is 27.7. The summed E-state index contributed by atoms with van der Waals surface area (Å²) in [6, 6.07) is 164. The largest absolute Gasteiger partial charge is 0.311 e. The van der Waals surface area contributed by atoms with Gasteiger partial charge in [-0.15, -0.1) is 0 Å². The molecule has 4 aliphatic heterocycles. The highest BCUT2D eigenvalue weighted by Crippen LogP contribution is 2.54. The lowest BCUT2D eigenvalue weighted by atomic mass is 9.33. The number of anilines is 12. The number of hydrogen-bond donors (Lipinski definition) is 0. The molecular weight excluding hydrogens is 1650 g/mol. The first-order valence-electron chi connectivity index (χ1n) is 46.6. The zero-order valence-corrected chi connectivity index (χ0v) is 80.1. The van der Waals surface area contributed by atoms with Crippen molar-refractivity contribution in [1.82, 2.24) is 0 Å².